The molecule has 2 heterocycles. The lowest BCUT2D eigenvalue weighted by Crippen LogP contribution is -2.41. The van der Waals surface area contributed by atoms with E-state index in [9.17, 15) is 13.6 Å². The van der Waals surface area contributed by atoms with Gasteiger partial charge in [0.25, 0.3) is 5.56 Å². The molecule has 4 nitrogen and oxygen atoms in total. The van der Waals surface area contributed by atoms with Gasteiger partial charge in [0, 0.05) is 17.3 Å². The van der Waals surface area contributed by atoms with Crippen LogP contribution in [-0.2, 0) is 15.9 Å². The Morgan fingerprint density at radius 1 is 1.11 bits per heavy atom. The molecule has 0 saturated carbocycles. The van der Waals surface area contributed by atoms with Gasteiger partial charge in [-0.3, -0.25) is 4.79 Å². The Labute approximate surface area is 157 Å². The average Bonchev–Trinajstić information content (AvgIpc) is 2.81. The molecule has 1 aliphatic rings. The van der Waals surface area contributed by atoms with Crippen molar-refractivity contribution in [2.75, 3.05) is 0 Å². The van der Waals surface area contributed by atoms with E-state index in [-0.39, 0.29) is 12.1 Å². The standard InChI is InChI=1S/C20H22BF2NO3/c1-19(2)20(3,4)27-21(26-19)17(23)12-14-9-7-11-24(18(14)25)13-15-8-5-6-10-16(15)22/h5-12H,13H2,1-4H3. The summed E-state index contributed by atoms with van der Waals surface area (Å²) in [5.74, 6) is -0.395. The average molecular weight is 373 g/mol. The maximum atomic E-state index is 14.7. The molecule has 2 aromatic rings. The number of rotatable bonds is 4. The quantitative estimate of drug-likeness (QED) is 0.762. The van der Waals surface area contributed by atoms with E-state index >= 15 is 0 Å². The van der Waals surface area contributed by atoms with E-state index in [0.717, 1.165) is 6.08 Å². The third-order valence-electron chi connectivity index (χ3n) is 5.12. The molecule has 0 bridgehead atoms. The molecule has 3 rings (SSSR count). The summed E-state index contributed by atoms with van der Waals surface area (Å²) in [6, 6.07) is 9.35. The topological polar surface area (TPSA) is 40.5 Å². The highest BCUT2D eigenvalue weighted by Gasteiger charge is 2.53. The van der Waals surface area contributed by atoms with Crippen LogP contribution in [0.1, 0.15) is 38.8 Å². The van der Waals surface area contributed by atoms with Gasteiger partial charge in [-0.2, -0.15) is 0 Å². The van der Waals surface area contributed by atoms with Crippen LogP contribution >= 0.6 is 0 Å². The van der Waals surface area contributed by atoms with Crippen LogP contribution in [0, 0.1) is 5.82 Å². The summed E-state index contributed by atoms with van der Waals surface area (Å²) in [4.78, 5) is 12.6. The number of hydrogen-bond acceptors (Lipinski definition) is 3. The minimum atomic E-state index is -1.17. The molecule has 0 spiro atoms. The van der Waals surface area contributed by atoms with Gasteiger partial charge >= 0.3 is 7.12 Å². The molecule has 1 fully saturated rings. The van der Waals surface area contributed by atoms with E-state index in [2.05, 4.69) is 0 Å². The first-order valence-corrected chi connectivity index (χ1v) is 8.76. The van der Waals surface area contributed by atoms with Gasteiger partial charge in [-0.15, -0.1) is 0 Å². The minimum absolute atomic E-state index is 0.0608. The number of pyridine rings is 1. The number of halogens is 2. The second-order valence-electron chi connectivity index (χ2n) is 7.61. The van der Waals surface area contributed by atoms with Crippen LogP contribution in [0.15, 0.2) is 53.1 Å². The maximum absolute atomic E-state index is 14.7. The smallest absolute Gasteiger partial charge is 0.398 e. The highest BCUT2D eigenvalue weighted by atomic mass is 19.1. The van der Waals surface area contributed by atoms with Gasteiger partial charge in [-0.1, -0.05) is 18.2 Å². The molecule has 0 radical (unpaired) electrons. The molecule has 1 saturated heterocycles. The molecular weight excluding hydrogens is 351 g/mol. The summed E-state index contributed by atoms with van der Waals surface area (Å²) in [7, 11) is -1.17. The molecule has 142 valence electrons. The van der Waals surface area contributed by atoms with Crippen LogP contribution < -0.4 is 5.56 Å². The highest BCUT2D eigenvalue weighted by molar-refractivity contribution is 6.54. The first kappa shape index (κ1) is 19.5. The van der Waals surface area contributed by atoms with Crippen LogP contribution in [0.5, 0.6) is 0 Å². The molecule has 7 heteroatoms. The first-order chi connectivity index (χ1) is 12.6. The van der Waals surface area contributed by atoms with Crippen LogP contribution in [-0.4, -0.2) is 22.9 Å². The molecule has 0 aliphatic carbocycles. The predicted molar refractivity (Wildman–Crippen MR) is 101 cm³/mol. The molecule has 1 aliphatic heterocycles. The van der Waals surface area contributed by atoms with Gasteiger partial charge < -0.3 is 13.9 Å². The van der Waals surface area contributed by atoms with Crippen molar-refractivity contribution in [3.8, 4) is 0 Å². The maximum Gasteiger partial charge on any atom is 0.525 e. The van der Waals surface area contributed by atoms with Gasteiger partial charge in [0.05, 0.1) is 17.7 Å². The minimum Gasteiger partial charge on any atom is -0.398 e. The van der Waals surface area contributed by atoms with Gasteiger partial charge in [0.2, 0.25) is 0 Å². The van der Waals surface area contributed by atoms with Crippen molar-refractivity contribution in [1.29, 1.82) is 0 Å². The fourth-order valence-electron chi connectivity index (χ4n) is 2.77. The van der Waals surface area contributed by atoms with Crippen molar-refractivity contribution < 1.29 is 18.1 Å². The fourth-order valence-corrected chi connectivity index (χ4v) is 2.77. The molecule has 1 aromatic heterocycles. The summed E-state index contributed by atoms with van der Waals surface area (Å²) in [6.45, 7) is 7.36. The lowest BCUT2D eigenvalue weighted by atomic mass is 9.87. The Morgan fingerprint density at radius 3 is 2.37 bits per heavy atom. The molecule has 0 atom stereocenters. The van der Waals surface area contributed by atoms with E-state index in [1.807, 2.05) is 27.7 Å². The van der Waals surface area contributed by atoms with Crippen LogP contribution in [0.25, 0.3) is 6.08 Å². The number of nitrogens with zero attached hydrogens (tertiary/aromatic N) is 1. The zero-order valence-corrected chi connectivity index (χ0v) is 15.8. The first-order valence-electron chi connectivity index (χ1n) is 8.76. The zero-order valence-electron chi connectivity index (χ0n) is 15.8. The Kier molecular flexibility index (Phi) is 5.10. The predicted octanol–water partition coefficient (Wildman–Crippen LogP) is 3.98. The second kappa shape index (κ2) is 7.05. The van der Waals surface area contributed by atoms with Crippen molar-refractivity contribution in [3.05, 3.63) is 75.6 Å². The van der Waals surface area contributed by atoms with Crippen LogP contribution in [0.3, 0.4) is 0 Å². The summed E-state index contributed by atoms with van der Waals surface area (Å²) in [6.07, 6.45) is 2.65. The third kappa shape index (κ3) is 3.89. The third-order valence-corrected chi connectivity index (χ3v) is 5.12. The molecule has 27 heavy (non-hydrogen) atoms. The normalized spacial score (nSPS) is 18.7. The van der Waals surface area contributed by atoms with E-state index in [4.69, 9.17) is 9.31 Å². The van der Waals surface area contributed by atoms with E-state index in [1.54, 1.807) is 30.5 Å². The Morgan fingerprint density at radius 2 is 1.74 bits per heavy atom. The highest BCUT2D eigenvalue weighted by Crippen LogP contribution is 2.38. The second-order valence-corrected chi connectivity index (χ2v) is 7.61. The Hall–Kier alpha value is -2.25. The monoisotopic (exact) mass is 373 g/mol. The summed E-state index contributed by atoms with van der Waals surface area (Å²) in [5, 5.41) is 0. The van der Waals surface area contributed by atoms with Gasteiger partial charge in [-0.05, 0) is 52.0 Å². The molecular formula is C20H22BF2NO3. The number of hydrogen-bond donors (Lipinski definition) is 0. The Balaban J connectivity index is 1.87. The van der Waals surface area contributed by atoms with E-state index in [0.29, 0.717) is 5.56 Å². The molecule has 1 aromatic carbocycles. The molecule has 0 unspecified atom stereocenters. The van der Waals surface area contributed by atoms with Crippen molar-refractivity contribution in [2.45, 2.75) is 45.4 Å². The van der Waals surface area contributed by atoms with Crippen molar-refractivity contribution in [2.24, 2.45) is 0 Å². The van der Waals surface area contributed by atoms with E-state index < -0.39 is 35.4 Å². The zero-order chi connectivity index (χ0) is 19.8. The van der Waals surface area contributed by atoms with Crippen LogP contribution in [0.4, 0.5) is 8.78 Å². The van der Waals surface area contributed by atoms with Crippen molar-refractivity contribution in [3.63, 3.8) is 0 Å². The van der Waals surface area contributed by atoms with Crippen LogP contribution in [0.2, 0.25) is 0 Å². The largest absolute Gasteiger partial charge is 0.525 e. The fraction of sp³-hybridized carbons (Fsp3) is 0.350. The Bertz CT molecular complexity index is 921. The molecule has 0 amide bonds. The summed E-state index contributed by atoms with van der Waals surface area (Å²) in [5.41, 5.74) is -1.94. The number of benzene rings is 1. The van der Waals surface area contributed by atoms with Crippen molar-refractivity contribution in [1.82, 2.24) is 4.57 Å². The SMILES string of the molecule is CC1(C)OB(C(F)=Cc2cccn(Cc3ccccc3F)c2=O)OC1(C)C. The van der Waals surface area contributed by atoms with Gasteiger partial charge in [-0.25, -0.2) is 8.78 Å². The summed E-state index contributed by atoms with van der Waals surface area (Å²) < 4.78 is 41.2. The van der Waals surface area contributed by atoms with Crippen molar-refractivity contribution >= 4 is 13.2 Å². The molecule has 0 N–H and O–H groups in total. The van der Waals surface area contributed by atoms with E-state index in [1.165, 1.54) is 16.7 Å². The lowest BCUT2D eigenvalue weighted by molar-refractivity contribution is 0.00578. The lowest BCUT2D eigenvalue weighted by Gasteiger charge is -2.32. The summed E-state index contributed by atoms with van der Waals surface area (Å²) >= 11 is 0. The number of aromatic nitrogens is 1. The van der Waals surface area contributed by atoms with Gasteiger partial charge in [0.15, 0.2) is 0 Å². The van der Waals surface area contributed by atoms with Gasteiger partial charge in [0.1, 0.15) is 11.5 Å².